The van der Waals surface area contributed by atoms with Crippen LogP contribution in [0.25, 0.3) is 0 Å². The van der Waals surface area contributed by atoms with E-state index in [9.17, 15) is 9.18 Å². The first kappa shape index (κ1) is 13.9. The number of carbonyl (C=O) groups is 1. The SMILES string of the molecule is CN(Cc1nnc2n1CCC2)C(=O)c1cc(F)cnc1Cl. The average molecular weight is 310 g/mol. The fourth-order valence-electron chi connectivity index (χ4n) is 2.39. The zero-order valence-corrected chi connectivity index (χ0v) is 12.1. The minimum atomic E-state index is -0.598. The van der Waals surface area contributed by atoms with Crippen molar-refractivity contribution in [2.24, 2.45) is 0 Å². The molecule has 6 nitrogen and oxygen atoms in total. The van der Waals surface area contributed by atoms with Gasteiger partial charge in [-0.2, -0.15) is 0 Å². The molecule has 21 heavy (non-hydrogen) atoms. The predicted octanol–water partition coefficient (Wildman–Crippen LogP) is 1.68. The summed E-state index contributed by atoms with van der Waals surface area (Å²) >= 11 is 5.85. The van der Waals surface area contributed by atoms with Crippen molar-refractivity contribution in [1.29, 1.82) is 0 Å². The van der Waals surface area contributed by atoms with Crippen molar-refractivity contribution in [1.82, 2.24) is 24.6 Å². The molecule has 0 aromatic carbocycles. The predicted molar refractivity (Wildman–Crippen MR) is 73.3 cm³/mol. The van der Waals surface area contributed by atoms with Crippen LogP contribution in [0.1, 0.15) is 28.4 Å². The van der Waals surface area contributed by atoms with E-state index in [0.717, 1.165) is 43.3 Å². The molecule has 2 aromatic heterocycles. The zero-order chi connectivity index (χ0) is 15.0. The maximum absolute atomic E-state index is 13.2. The second kappa shape index (κ2) is 5.40. The Morgan fingerprint density at radius 2 is 2.33 bits per heavy atom. The van der Waals surface area contributed by atoms with E-state index in [-0.39, 0.29) is 10.7 Å². The van der Waals surface area contributed by atoms with E-state index in [0.29, 0.717) is 6.54 Å². The van der Waals surface area contributed by atoms with Gasteiger partial charge in [-0.15, -0.1) is 10.2 Å². The largest absolute Gasteiger partial charge is 0.334 e. The highest BCUT2D eigenvalue weighted by Crippen LogP contribution is 2.18. The van der Waals surface area contributed by atoms with Gasteiger partial charge in [0.2, 0.25) is 0 Å². The highest BCUT2D eigenvalue weighted by atomic mass is 35.5. The van der Waals surface area contributed by atoms with Crippen molar-refractivity contribution in [3.8, 4) is 0 Å². The minimum Gasteiger partial charge on any atom is -0.334 e. The molecular formula is C13H13ClFN5O. The summed E-state index contributed by atoms with van der Waals surface area (Å²) in [5.41, 5.74) is 0.0420. The third-order valence-electron chi connectivity index (χ3n) is 3.45. The molecule has 0 unspecified atom stereocenters. The lowest BCUT2D eigenvalue weighted by Crippen LogP contribution is -2.28. The smallest absolute Gasteiger partial charge is 0.257 e. The lowest BCUT2D eigenvalue weighted by molar-refractivity contribution is 0.0779. The summed E-state index contributed by atoms with van der Waals surface area (Å²) in [5.74, 6) is 0.664. The molecule has 2 aromatic rings. The van der Waals surface area contributed by atoms with E-state index in [1.807, 2.05) is 4.57 Å². The summed E-state index contributed by atoms with van der Waals surface area (Å²) in [6, 6.07) is 1.09. The normalized spacial score (nSPS) is 13.3. The Hall–Kier alpha value is -2.02. The van der Waals surface area contributed by atoms with Gasteiger partial charge in [0, 0.05) is 20.0 Å². The fourth-order valence-corrected chi connectivity index (χ4v) is 2.57. The summed E-state index contributed by atoms with van der Waals surface area (Å²) < 4.78 is 15.2. The van der Waals surface area contributed by atoms with Crippen molar-refractivity contribution in [2.75, 3.05) is 7.05 Å². The van der Waals surface area contributed by atoms with Gasteiger partial charge in [-0.25, -0.2) is 9.37 Å². The Kier molecular flexibility index (Phi) is 3.59. The number of hydrogen-bond donors (Lipinski definition) is 0. The highest BCUT2D eigenvalue weighted by Gasteiger charge is 2.22. The molecule has 0 spiro atoms. The van der Waals surface area contributed by atoms with Crippen LogP contribution in [-0.2, 0) is 19.5 Å². The number of hydrogen-bond acceptors (Lipinski definition) is 4. The molecule has 0 N–H and O–H groups in total. The second-order valence-electron chi connectivity index (χ2n) is 4.94. The van der Waals surface area contributed by atoms with Gasteiger partial charge in [0.25, 0.3) is 5.91 Å². The molecule has 8 heteroatoms. The molecule has 1 amide bonds. The van der Waals surface area contributed by atoms with E-state index in [2.05, 4.69) is 15.2 Å². The Labute approximate surface area is 125 Å². The number of carbonyl (C=O) groups excluding carboxylic acids is 1. The third-order valence-corrected chi connectivity index (χ3v) is 3.75. The van der Waals surface area contributed by atoms with Gasteiger partial charge in [0.15, 0.2) is 5.82 Å². The molecule has 0 aliphatic carbocycles. The topological polar surface area (TPSA) is 63.9 Å². The summed E-state index contributed by atoms with van der Waals surface area (Å²) in [7, 11) is 1.61. The van der Waals surface area contributed by atoms with Gasteiger partial charge in [-0.05, 0) is 12.5 Å². The first-order valence-corrected chi connectivity index (χ1v) is 6.91. The summed E-state index contributed by atoms with van der Waals surface area (Å²) in [6.07, 6.45) is 2.92. The van der Waals surface area contributed by atoms with Crippen LogP contribution in [0.5, 0.6) is 0 Å². The number of rotatable bonds is 3. The Bertz CT molecular complexity index is 702. The standard InChI is InChI=1S/C13H13ClFN5O/c1-19(7-11-18-17-10-3-2-4-20(10)11)13(21)9-5-8(15)6-16-12(9)14/h5-6H,2-4,7H2,1H3. The number of fused-ring (bicyclic) bond motifs is 1. The molecular weight excluding hydrogens is 297 g/mol. The van der Waals surface area contributed by atoms with Crippen LogP contribution in [0.15, 0.2) is 12.3 Å². The molecule has 1 aliphatic rings. The van der Waals surface area contributed by atoms with Gasteiger partial charge in [0.05, 0.1) is 18.3 Å². The molecule has 3 rings (SSSR count). The minimum absolute atomic E-state index is 0.0141. The van der Waals surface area contributed by atoms with Crippen molar-refractivity contribution in [2.45, 2.75) is 25.9 Å². The van der Waals surface area contributed by atoms with Crippen LogP contribution in [0.3, 0.4) is 0 Å². The molecule has 0 fully saturated rings. The fraction of sp³-hybridized carbons (Fsp3) is 0.385. The summed E-state index contributed by atoms with van der Waals surface area (Å²) in [5, 5.41) is 8.17. The second-order valence-corrected chi connectivity index (χ2v) is 5.30. The van der Waals surface area contributed by atoms with Crippen LogP contribution in [-0.4, -0.2) is 37.6 Å². The quantitative estimate of drug-likeness (QED) is 0.809. The van der Waals surface area contributed by atoms with Crippen molar-refractivity contribution in [3.63, 3.8) is 0 Å². The first-order valence-electron chi connectivity index (χ1n) is 6.53. The van der Waals surface area contributed by atoms with Gasteiger partial charge in [0.1, 0.15) is 16.8 Å². The number of halogens is 2. The summed E-state index contributed by atoms with van der Waals surface area (Å²) in [4.78, 5) is 17.4. The lowest BCUT2D eigenvalue weighted by Gasteiger charge is -2.17. The van der Waals surface area contributed by atoms with Gasteiger partial charge < -0.3 is 9.47 Å². The molecule has 0 bridgehead atoms. The van der Waals surface area contributed by atoms with E-state index < -0.39 is 11.7 Å². The monoisotopic (exact) mass is 309 g/mol. The molecule has 0 radical (unpaired) electrons. The number of aromatic nitrogens is 4. The van der Waals surface area contributed by atoms with Crippen molar-refractivity contribution < 1.29 is 9.18 Å². The summed E-state index contributed by atoms with van der Waals surface area (Å²) in [6.45, 7) is 1.15. The van der Waals surface area contributed by atoms with E-state index in [1.54, 1.807) is 7.05 Å². The number of nitrogens with zero attached hydrogens (tertiary/aromatic N) is 5. The number of amides is 1. The van der Waals surface area contributed by atoms with Gasteiger partial charge in [-0.1, -0.05) is 11.6 Å². The number of aryl methyl sites for hydroxylation is 1. The third kappa shape index (κ3) is 2.61. The average Bonchev–Trinajstić information content (AvgIpc) is 3.05. The maximum Gasteiger partial charge on any atom is 0.257 e. The molecule has 110 valence electrons. The van der Waals surface area contributed by atoms with Gasteiger partial charge >= 0.3 is 0 Å². The van der Waals surface area contributed by atoms with Crippen LogP contribution in [0, 0.1) is 5.82 Å². The molecule has 1 aliphatic heterocycles. The maximum atomic E-state index is 13.2. The van der Waals surface area contributed by atoms with Crippen LogP contribution in [0.2, 0.25) is 5.15 Å². The molecule has 3 heterocycles. The Balaban J connectivity index is 1.80. The number of pyridine rings is 1. The van der Waals surface area contributed by atoms with E-state index in [4.69, 9.17) is 11.6 Å². The molecule has 0 saturated heterocycles. The Morgan fingerprint density at radius 1 is 1.52 bits per heavy atom. The van der Waals surface area contributed by atoms with Crippen LogP contribution < -0.4 is 0 Å². The van der Waals surface area contributed by atoms with Crippen molar-refractivity contribution in [3.05, 3.63) is 40.4 Å². The lowest BCUT2D eigenvalue weighted by atomic mass is 10.2. The Morgan fingerprint density at radius 3 is 3.14 bits per heavy atom. The van der Waals surface area contributed by atoms with Crippen molar-refractivity contribution >= 4 is 17.5 Å². The van der Waals surface area contributed by atoms with Crippen LogP contribution in [0.4, 0.5) is 4.39 Å². The zero-order valence-electron chi connectivity index (χ0n) is 11.4. The highest BCUT2D eigenvalue weighted by molar-refractivity contribution is 6.32. The van der Waals surface area contributed by atoms with E-state index >= 15 is 0 Å². The van der Waals surface area contributed by atoms with Gasteiger partial charge in [-0.3, -0.25) is 4.79 Å². The van der Waals surface area contributed by atoms with Crippen LogP contribution >= 0.6 is 11.6 Å². The first-order chi connectivity index (χ1) is 10.1. The molecule has 0 atom stereocenters. The van der Waals surface area contributed by atoms with E-state index in [1.165, 1.54) is 4.90 Å². The molecule has 0 saturated carbocycles.